The molecule has 0 aromatic rings. The Bertz CT molecular complexity index is 588. The maximum Gasteiger partial charge on any atom is 0.332 e. The second kappa shape index (κ2) is 7.60. The predicted molar refractivity (Wildman–Crippen MR) is 112 cm³/mol. The zero-order valence-electron chi connectivity index (χ0n) is 18.3. The minimum atomic E-state index is -1.19. The van der Waals surface area contributed by atoms with Crippen molar-refractivity contribution in [3.8, 4) is 0 Å². The van der Waals surface area contributed by atoms with Gasteiger partial charge in [0.15, 0.2) is 6.10 Å². The van der Waals surface area contributed by atoms with Crippen LogP contribution in [0.1, 0.15) is 97.8 Å². The van der Waals surface area contributed by atoms with Gasteiger partial charge in [0.05, 0.1) is 0 Å². The first-order chi connectivity index (χ1) is 13.3. The van der Waals surface area contributed by atoms with E-state index in [9.17, 15) is 9.90 Å². The van der Waals surface area contributed by atoms with Crippen molar-refractivity contribution < 1.29 is 15.0 Å². The van der Waals surface area contributed by atoms with Crippen molar-refractivity contribution in [3.05, 3.63) is 0 Å². The molecule has 4 fully saturated rings. The van der Waals surface area contributed by atoms with Crippen molar-refractivity contribution in [1.29, 1.82) is 0 Å². The Morgan fingerprint density at radius 1 is 0.929 bits per heavy atom. The van der Waals surface area contributed by atoms with E-state index < -0.39 is 12.1 Å². The van der Waals surface area contributed by atoms with E-state index in [4.69, 9.17) is 5.11 Å². The zero-order chi connectivity index (χ0) is 20.1. The molecule has 9 atom stereocenters. The van der Waals surface area contributed by atoms with E-state index >= 15 is 0 Å². The number of hydrogen-bond acceptors (Lipinski definition) is 2. The van der Waals surface area contributed by atoms with Gasteiger partial charge < -0.3 is 10.2 Å². The highest BCUT2D eigenvalue weighted by Gasteiger charge is 2.60. The van der Waals surface area contributed by atoms with Gasteiger partial charge in [0.25, 0.3) is 0 Å². The topological polar surface area (TPSA) is 57.5 Å². The Kier molecular flexibility index (Phi) is 5.61. The van der Waals surface area contributed by atoms with Gasteiger partial charge in [-0.1, -0.05) is 33.6 Å². The summed E-state index contributed by atoms with van der Waals surface area (Å²) in [6.45, 7) is 7.54. The fraction of sp³-hybridized carbons (Fsp3) is 0.960. The maximum atomic E-state index is 11.0. The average Bonchev–Trinajstić information content (AvgIpc) is 3.02. The van der Waals surface area contributed by atoms with Crippen LogP contribution in [0.2, 0.25) is 0 Å². The first-order valence-electron chi connectivity index (χ1n) is 12.2. The average molecular weight is 391 g/mol. The molecule has 3 heteroatoms. The Balaban J connectivity index is 1.47. The number of carbonyl (C=O) groups is 1. The maximum absolute atomic E-state index is 11.0. The summed E-state index contributed by atoms with van der Waals surface area (Å²) in [5.74, 6) is 3.90. The summed E-state index contributed by atoms with van der Waals surface area (Å²) in [6.07, 6.45) is 14.3. The molecule has 4 rings (SSSR count). The van der Waals surface area contributed by atoms with Crippen LogP contribution in [0, 0.1) is 46.3 Å². The quantitative estimate of drug-likeness (QED) is 0.614. The lowest BCUT2D eigenvalue weighted by Gasteiger charge is -2.61. The second-order valence-corrected chi connectivity index (χ2v) is 11.5. The molecule has 4 saturated carbocycles. The molecule has 0 saturated heterocycles. The van der Waals surface area contributed by atoms with Crippen LogP contribution in [0.4, 0.5) is 0 Å². The van der Waals surface area contributed by atoms with E-state index in [-0.39, 0.29) is 0 Å². The summed E-state index contributed by atoms with van der Waals surface area (Å²) in [7, 11) is 0. The second-order valence-electron chi connectivity index (χ2n) is 11.5. The molecule has 160 valence electrons. The van der Waals surface area contributed by atoms with Crippen LogP contribution in [0.25, 0.3) is 0 Å². The lowest BCUT2D eigenvalue weighted by atomic mass is 9.44. The highest BCUT2D eigenvalue weighted by atomic mass is 16.4. The third kappa shape index (κ3) is 3.24. The summed E-state index contributed by atoms with van der Waals surface area (Å²) in [5, 5.41) is 18.7. The van der Waals surface area contributed by atoms with Crippen molar-refractivity contribution in [2.24, 2.45) is 46.3 Å². The molecular formula is C25H42O3. The number of fused-ring (bicyclic) bond motifs is 5. The number of carboxylic acid groups (broad SMARTS) is 1. The molecule has 0 aromatic carbocycles. The summed E-state index contributed by atoms with van der Waals surface area (Å²) < 4.78 is 0. The standard InChI is InChI=1S/C25H42O3/c1-16(7-12-22(26)23(27)28)19-10-11-20-18-9-8-17-6-4-5-14-24(17,2)21(18)13-15-25(19,20)3/h16-22,26H,4-15H2,1-3H3,(H,27,28)/t16?,17-,18-,19+,20-,21-,22?,24-,25+/m0/s1. The van der Waals surface area contributed by atoms with E-state index in [1.165, 1.54) is 64.2 Å². The Labute approximate surface area is 171 Å². The third-order valence-corrected chi connectivity index (χ3v) is 10.5. The third-order valence-electron chi connectivity index (χ3n) is 10.5. The van der Waals surface area contributed by atoms with Gasteiger partial charge in [-0.05, 0) is 111 Å². The van der Waals surface area contributed by atoms with Gasteiger partial charge in [0.2, 0.25) is 0 Å². The largest absolute Gasteiger partial charge is 0.479 e. The van der Waals surface area contributed by atoms with E-state index in [1.54, 1.807) is 0 Å². The molecule has 0 spiro atoms. The SMILES string of the molecule is CC(CCC(O)C(=O)O)[C@H]1CC[C@H]2[C@@H]3CC[C@@H]4CCCC[C@]4(C)[C@H]3CC[C@]12C. The molecule has 0 aliphatic heterocycles. The number of aliphatic hydroxyl groups excluding tert-OH is 1. The summed E-state index contributed by atoms with van der Waals surface area (Å²) >= 11 is 0. The molecule has 4 aliphatic carbocycles. The molecule has 0 amide bonds. The fourth-order valence-corrected chi connectivity index (χ4v) is 9.02. The van der Waals surface area contributed by atoms with Crippen LogP contribution in [0.5, 0.6) is 0 Å². The summed E-state index contributed by atoms with van der Waals surface area (Å²) in [4.78, 5) is 11.0. The lowest BCUT2D eigenvalue weighted by molar-refractivity contribution is -0.147. The van der Waals surface area contributed by atoms with Crippen LogP contribution >= 0.6 is 0 Å². The first kappa shape index (κ1) is 20.7. The van der Waals surface area contributed by atoms with Gasteiger partial charge in [0, 0.05) is 0 Å². The van der Waals surface area contributed by atoms with Crippen LogP contribution in [0.3, 0.4) is 0 Å². The van der Waals surface area contributed by atoms with E-state index in [1.807, 2.05) is 0 Å². The van der Waals surface area contributed by atoms with Crippen molar-refractivity contribution in [2.75, 3.05) is 0 Å². The fourth-order valence-electron chi connectivity index (χ4n) is 9.02. The van der Waals surface area contributed by atoms with Gasteiger partial charge in [0.1, 0.15) is 0 Å². The van der Waals surface area contributed by atoms with Gasteiger partial charge >= 0.3 is 5.97 Å². The molecule has 2 unspecified atom stereocenters. The molecule has 0 radical (unpaired) electrons. The van der Waals surface area contributed by atoms with Crippen LogP contribution in [-0.4, -0.2) is 22.3 Å². The van der Waals surface area contributed by atoms with Gasteiger partial charge in [-0.15, -0.1) is 0 Å². The van der Waals surface area contributed by atoms with Crippen LogP contribution in [-0.2, 0) is 4.79 Å². The van der Waals surface area contributed by atoms with E-state index in [2.05, 4.69) is 20.8 Å². The minimum Gasteiger partial charge on any atom is -0.479 e. The molecule has 4 aliphatic rings. The van der Waals surface area contributed by atoms with Crippen molar-refractivity contribution >= 4 is 5.97 Å². The number of aliphatic carboxylic acids is 1. The Morgan fingerprint density at radius 3 is 2.43 bits per heavy atom. The molecule has 0 heterocycles. The Hall–Kier alpha value is -0.570. The van der Waals surface area contributed by atoms with Gasteiger partial charge in [-0.25, -0.2) is 4.79 Å². The van der Waals surface area contributed by atoms with E-state index in [0.717, 1.165) is 30.1 Å². The summed E-state index contributed by atoms with van der Waals surface area (Å²) in [5.41, 5.74) is 1.05. The highest BCUT2D eigenvalue weighted by molar-refractivity contribution is 5.71. The molecule has 28 heavy (non-hydrogen) atoms. The van der Waals surface area contributed by atoms with Gasteiger partial charge in [-0.3, -0.25) is 0 Å². The molecule has 2 N–H and O–H groups in total. The molecule has 0 aromatic heterocycles. The summed E-state index contributed by atoms with van der Waals surface area (Å²) in [6, 6.07) is 0. The molecular weight excluding hydrogens is 348 g/mol. The molecule has 0 bridgehead atoms. The van der Waals surface area contributed by atoms with Crippen molar-refractivity contribution in [3.63, 3.8) is 0 Å². The van der Waals surface area contributed by atoms with Crippen molar-refractivity contribution in [2.45, 2.75) is 104 Å². The smallest absolute Gasteiger partial charge is 0.332 e. The zero-order valence-corrected chi connectivity index (χ0v) is 18.3. The number of hydrogen-bond donors (Lipinski definition) is 2. The minimum absolute atomic E-state index is 0.402. The van der Waals surface area contributed by atoms with Crippen molar-refractivity contribution in [1.82, 2.24) is 0 Å². The highest BCUT2D eigenvalue weighted by Crippen LogP contribution is 2.68. The normalized spacial score (nSPS) is 47.5. The lowest BCUT2D eigenvalue weighted by Crippen LogP contribution is -2.53. The van der Waals surface area contributed by atoms with E-state index in [0.29, 0.717) is 29.1 Å². The number of aliphatic hydroxyl groups is 1. The monoisotopic (exact) mass is 390 g/mol. The predicted octanol–water partition coefficient (Wildman–Crippen LogP) is 5.90. The number of carboxylic acids is 1. The first-order valence-corrected chi connectivity index (χ1v) is 12.2. The number of rotatable bonds is 5. The van der Waals surface area contributed by atoms with Crippen LogP contribution < -0.4 is 0 Å². The Morgan fingerprint density at radius 2 is 1.68 bits per heavy atom. The molecule has 3 nitrogen and oxygen atoms in total. The van der Waals surface area contributed by atoms with Crippen LogP contribution in [0.15, 0.2) is 0 Å². The van der Waals surface area contributed by atoms with Gasteiger partial charge in [-0.2, -0.15) is 0 Å².